The third-order valence-corrected chi connectivity index (χ3v) is 5.89. The Morgan fingerprint density at radius 3 is 2.62 bits per heavy atom. The van der Waals surface area contributed by atoms with Crippen molar-refractivity contribution >= 4 is 34.1 Å². The summed E-state index contributed by atoms with van der Waals surface area (Å²) in [4.78, 5) is 38.5. The van der Waals surface area contributed by atoms with Crippen LogP contribution < -0.4 is 11.3 Å². The Kier molecular flexibility index (Phi) is 3.91. The monoisotopic (exact) mass is 371 g/mol. The van der Waals surface area contributed by atoms with E-state index in [4.69, 9.17) is 5.73 Å². The summed E-state index contributed by atoms with van der Waals surface area (Å²) < 4.78 is 1.97. The zero-order chi connectivity index (χ0) is 18.4. The number of aromatic amines is 1. The second-order valence-corrected chi connectivity index (χ2v) is 7.41. The number of hydrogen-bond donors (Lipinski definition) is 3. The first-order valence-corrected chi connectivity index (χ1v) is 9.24. The van der Waals surface area contributed by atoms with Crippen molar-refractivity contribution < 1.29 is 14.7 Å². The number of rotatable bonds is 4. The number of H-pyrrole nitrogens is 1. The third kappa shape index (κ3) is 2.53. The number of pyridine rings is 1. The summed E-state index contributed by atoms with van der Waals surface area (Å²) in [5.74, 6) is -1.59. The number of primary amides is 1. The number of aromatic nitrogens is 2. The minimum atomic E-state index is -1.08. The van der Waals surface area contributed by atoms with Crippen molar-refractivity contribution in [3.63, 3.8) is 0 Å². The van der Waals surface area contributed by atoms with E-state index in [1.165, 1.54) is 17.5 Å². The van der Waals surface area contributed by atoms with Gasteiger partial charge in [0.1, 0.15) is 5.56 Å². The molecular weight excluding hydrogens is 354 g/mol. The molecule has 0 saturated heterocycles. The summed E-state index contributed by atoms with van der Waals surface area (Å²) in [6, 6.07) is 3.53. The number of nitrogens with two attached hydrogens (primary N) is 1. The lowest BCUT2D eigenvalue weighted by atomic mass is 10.2. The number of carbonyl (C=O) groups excluding carboxylic acids is 1. The van der Waals surface area contributed by atoms with Crippen LogP contribution in [0.15, 0.2) is 28.5 Å². The molecule has 7 nitrogen and oxygen atoms in total. The standard InChI is InChI=1S/C18H17N3O4S/c19-16(22)14-5-9(8-26-14)13-6-11-15(21(13)10-3-1-2-4-10)12(18(24)25)7-20-17(11)23/h5-8,10H,1-4H2,(H2,19,22)(H,20,23)(H,24,25). The molecule has 0 aliphatic heterocycles. The summed E-state index contributed by atoms with van der Waals surface area (Å²) >= 11 is 1.24. The van der Waals surface area contributed by atoms with Crippen molar-refractivity contribution in [3.05, 3.63) is 44.5 Å². The third-order valence-electron chi connectivity index (χ3n) is 4.94. The largest absolute Gasteiger partial charge is 0.478 e. The van der Waals surface area contributed by atoms with Crippen LogP contribution in [0.25, 0.3) is 22.2 Å². The molecule has 4 N–H and O–H groups in total. The first-order chi connectivity index (χ1) is 12.5. The Labute approximate surface area is 152 Å². The van der Waals surface area contributed by atoms with Crippen molar-refractivity contribution in [1.82, 2.24) is 9.55 Å². The average molecular weight is 371 g/mol. The van der Waals surface area contributed by atoms with E-state index in [9.17, 15) is 19.5 Å². The Hall–Kier alpha value is -2.87. The van der Waals surface area contributed by atoms with Crippen LogP contribution in [0.4, 0.5) is 0 Å². The normalized spacial score (nSPS) is 14.9. The average Bonchev–Trinajstić information content (AvgIpc) is 3.33. The molecule has 8 heteroatoms. The molecule has 0 spiro atoms. The molecule has 0 atom stereocenters. The molecule has 1 amide bonds. The maximum Gasteiger partial charge on any atom is 0.339 e. The highest BCUT2D eigenvalue weighted by Crippen LogP contribution is 2.39. The number of carbonyl (C=O) groups is 2. The molecule has 0 bridgehead atoms. The van der Waals surface area contributed by atoms with E-state index in [0.29, 0.717) is 15.8 Å². The quantitative estimate of drug-likeness (QED) is 0.653. The van der Waals surface area contributed by atoms with Crippen molar-refractivity contribution in [2.45, 2.75) is 31.7 Å². The van der Waals surface area contributed by atoms with Gasteiger partial charge in [0.2, 0.25) is 0 Å². The second kappa shape index (κ2) is 6.14. The van der Waals surface area contributed by atoms with Gasteiger partial charge in [-0.15, -0.1) is 11.3 Å². The maximum atomic E-state index is 12.3. The molecule has 134 valence electrons. The lowest BCUT2D eigenvalue weighted by molar-refractivity contribution is 0.0697. The van der Waals surface area contributed by atoms with Crippen molar-refractivity contribution in [3.8, 4) is 11.3 Å². The Bertz CT molecular complexity index is 1090. The number of fused-ring (bicyclic) bond motifs is 1. The minimum Gasteiger partial charge on any atom is -0.478 e. The number of nitrogens with one attached hydrogen (secondary N) is 1. The number of amides is 1. The number of carboxylic acid groups (broad SMARTS) is 1. The lowest BCUT2D eigenvalue weighted by Crippen LogP contribution is -2.13. The molecule has 3 aromatic rings. The van der Waals surface area contributed by atoms with Gasteiger partial charge >= 0.3 is 5.97 Å². The van der Waals surface area contributed by atoms with Gasteiger partial charge in [-0.3, -0.25) is 9.59 Å². The van der Waals surface area contributed by atoms with Crippen LogP contribution in [-0.4, -0.2) is 26.5 Å². The molecule has 26 heavy (non-hydrogen) atoms. The van der Waals surface area contributed by atoms with E-state index >= 15 is 0 Å². The number of thiophene rings is 1. The summed E-state index contributed by atoms with van der Waals surface area (Å²) in [5.41, 5.74) is 7.06. The first-order valence-electron chi connectivity index (χ1n) is 8.36. The zero-order valence-corrected chi connectivity index (χ0v) is 14.6. The highest BCUT2D eigenvalue weighted by molar-refractivity contribution is 7.12. The van der Waals surface area contributed by atoms with Gasteiger partial charge in [-0.05, 0) is 25.0 Å². The van der Waals surface area contributed by atoms with Crippen LogP contribution in [-0.2, 0) is 0 Å². The van der Waals surface area contributed by atoms with E-state index in [2.05, 4.69) is 4.98 Å². The molecule has 3 aromatic heterocycles. The Balaban J connectivity index is 2.05. The predicted octanol–water partition coefficient (Wildman–Crippen LogP) is 2.97. The van der Waals surface area contributed by atoms with Crippen LogP contribution in [0.1, 0.15) is 51.8 Å². The lowest BCUT2D eigenvalue weighted by Gasteiger charge is -2.18. The summed E-state index contributed by atoms with van der Waals surface area (Å²) in [6.07, 6.45) is 5.23. The SMILES string of the molecule is NC(=O)c1cc(-c2cc3c(=O)[nH]cc(C(=O)O)c3n2C2CCCC2)cs1. The van der Waals surface area contributed by atoms with Crippen molar-refractivity contribution in [2.24, 2.45) is 5.73 Å². The Morgan fingerprint density at radius 1 is 1.27 bits per heavy atom. The summed E-state index contributed by atoms with van der Waals surface area (Å²) in [6.45, 7) is 0. The van der Waals surface area contributed by atoms with Gasteiger partial charge in [-0.25, -0.2) is 4.79 Å². The van der Waals surface area contributed by atoms with Gasteiger partial charge in [0.05, 0.1) is 21.5 Å². The molecule has 0 unspecified atom stereocenters. The first kappa shape index (κ1) is 16.6. The number of nitrogens with zero attached hydrogens (tertiary/aromatic N) is 1. The second-order valence-electron chi connectivity index (χ2n) is 6.50. The van der Waals surface area contributed by atoms with E-state index in [1.807, 2.05) is 9.95 Å². The van der Waals surface area contributed by atoms with Crippen molar-refractivity contribution in [1.29, 1.82) is 0 Å². The van der Waals surface area contributed by atoms with Gasteiger partial charge in [-0.1, -0.05) is 12.8 Å². The van der Waals surface area contributed by atoms with Crippen LogP contribution in [0, 0.1) is 0 Å². The molecule has 1 fully saturated rings. The molecular formula is C18H17N3O4S. The molecule has 1 aliphatic carbocycles. The van der Waals surface area contributed by atoms with E-state index in [0.717, 1.165) is 36.9 Å². The fourth-order valence-electron chi connectivity index (χ4n) is 3.78. The van der Waals surface area contributed by atoms with Crippen molar-refractivity contribution in [2.75, 3.05) is 0 Å². The maximum absolute atomic E-state index is 12.3. The van der Waals surface area contributed by atoms with E-state index in [-0.39, 0.29) is 17.2 Å². The molecule has 3 heterocycles. The van der Waals surface area contributed by atoms with Gasteiger partial charge < -0.3 is 20.4 Å². The smallest absolute Gasteiger partial charge is 0.339 e. The minimum absolute atomic E-state index is 0.0723. The molecule has 0 aromatic carbocycles. The predicted molar refractivity (Wildman–Crippen MR) is 98.9 cm³/mol. The summed E-state index contributed by atoms with van der Waals surface area (Å²) in [5, 5.41) is 11.8. The zero-order valence-electron chi connectivity index (χ0n) is 13.8. The van der Waals surface area contributed by atoms with Crippen LogP contribution in [0.2, 0.25) is 0 Å². The number of hydrogen-bond acceptors (Lipinski definition) is 4. The van der Waals surface area contributed by atoms with Crippen LogP contribution >= 0.6 is 11.3 Å². The summed E-state index contributed by atoms with van der Waals surface area (Å²) in [7, 11) is 0. The molecule has 1 saturated carbocycles. The van der Waals surface area contributed by atoms with Gasteiger partial charge in [0.15, 0.2) is 0 Å². The van der Waals surface area contributed by atoms with E-state index < -0.39 is 11.9 Å². The van der Waals surface area contributed by atoms with E-state index in [1.54, 1.807) is 12.1 Å². The highest BCUT2D eigenvalue weighted by Gasteiger charge is 2.27. The Morgan fingerprint density at radius 2 is 2.00 bits per heavy atom. The highest BCUT2D eigenvalue weighted by atomic mass is 32.1. The fraction of sp³-hybridized carbons (Fsp3) is 0.278. The fourth-order valence-corrected chi connectivity index (χ4v) is 4.54. The van der Waals surface area contributed by atoms with Gasteiger partial charge in [-0.2, -0.15) is 0 Å². The van der Waals surface area contributed by atoms with Gasteiger partial charge in [0.25, 0.3) is 11.5 Å². The van der Waals surface area contributed by atoms with Gasteiger partial charge in [0, 0.05) is 23.2 Å². The molecule has 0 radical (unpaired) electrons. The topological polar surface area (TPSA) is 118 Å². The van der Waals surface area contributed by atoms with Crippen LogP contribution in [0.5, 0.6) is 0 Å². The van der Waals surface area contributed by atoms with Crippen LogP contribution in [0.3, 0.4) is 0 Å². The molecule has 4 rings (SSSR count). The number of carboxylic acids is 1. The molecule has 1 aliphatic rings. The number of aromatic carboxylic acids is 1.